The summed E-state index contributed by atoms with van der Waals surface area (Å²) in [6, 6.07) is 0. The molecule has 0 bridgehead atoms. The second kappa shape index (κ2) is 3.61. The van der Waals surface area contributed by atoms with Gasteiger partial charge in [-0.25, -0.2) is 4.98 Å². The van der Waals surface area contributed by atoms with Gasteiger partial charge in [-0.1, -0.05) is 20.8 Å². The highest BCUT2D eigenvalue weighted by atomic mass is 16.4. The third-order valence-electron chi connectivity index (χ3n) is 3.07. The van der Waals surface area contributed by atoms with Crippen molar-refractivity contribution in [2.24, 2.45) is 0 Å². The monoisotopic (exact) mass is 222 g/mol. The second-order valence-corrected chi connectivity index (χ2v) is 5.48. The van der Waals surface area contributed by atoms with E-state index < -0.39 is 11.9 Å². The van der Waals surface area contributed by atoms with E-state index in [4.69, 9.17) is 5.11 Å². The molecule has 1 aliphatic carbocycles. The minimum absolute atomic E-state index is 0.0552. The summed E-state index contributed by atoms with van der Waals surface area (Å²) in [7, 11) is 0. The predicted octanol–water partition coefficient (Wildman–Crippen LogP) is 2.21. The summed E-state index contributed by atoms with van der Waals surface area (Å²) in [5, 5.41) is 9.14. The zero-order chi connectivity index (χ0) is 11.9. The van der Waals surface area contributed by atoms with Crippen LogP contribution >= 0.6 is 0 Å². The summed E-state index contributed by atoms with van der Waals surface area (Å²) in [5.74, 6) is -0.283. The van der Waals surface area contributed by atoms with Gasteiger partial charge in [0.15, 0.2) is 0 Å². The Hall–Kier alpha value is -1.32. The second-order valence-electron chi connectivity index (χ2n) is 5.48. The quantitative estimate of drug-likeness (QED) is 0.765. The van der Waals surface area contributed by atoms with E-state index in [1.165, 1.54) is 0 Å². The molecular weight excluding hydrogens is 204 g/mol. The van der Waals surface area contributed by atoms with E-state index in [0.29, 0.717) is 6.42 Å². The maximum absolute atomic E-state index is 11.1. The van der Waals surface area contributed by atoms with Crippen molar-refractivity contribution >= 4 is 5.97 Å². The van der Waals surface area contributed by atoms with Crippen LogP contribution in [0, 0.1) is 0 Å². The number of H-pyrrole nitrogens is 1. The van der Waals surface area contributed by atoms with Crippen molar-refractivity contribution in [2.75, 3.05) is 0 Å². The van der Waals surface area contributed by atoms with Gasteiger partial charge in [0.25, 0.3) is 0 Å². The van der Waals surface area contributed by atoms with Crippen LogP contribution in [0.4, 0.5) is 0 Å². The van der Waals surface area contributed by atoms with Crippen molar-refractivity contribution in [2.45, 2.75) is 51.4 Å². The van der Waals surface area contributed by atoms with Crippen molar-refractivity contribution < 1.29 is 9.90 Å². The Labute approximate surface area is 95.1 Å². The molecule has 1 aliphatic rings. The molecule has 2 rings (SSSR count). The zero-order valence-corrected chi connectivity index (χ0v) is 10.0. The highest BCUT2D eigenvalue weighted by Gasteiger charge is 2.31. The topological polar surface area (TPSA) is 66.0 Å². The number of carboxylic acid groups (broad SMARTS) is 1. The summed E-state index contributed by atoms with van der Waals surface area (Å²) in [6.45, 7) is 6.23. The van der Waals surface area contributed by atoms with Gasteiger partial charge < -0.3 is 10.1 Å². The Balaban J connectivity index is 2.42. The van der Waals surface area contributed by atoms with Gasteiger partial charge in [0.1, 0.15) is 11.7 Å². The lowest BCUT2D eigenvalue weighted by Gasteiger charge is -2.16. The van der Waals surface area contributed by atoms with E-state index in [1.807, 2.05) is 0 Å². The van der Waals surface area contributed by atoms with Crippen LogP contribution in [-0.2, 0) is 16.6 Å². The summed E-state index contributed by atoms with van der Waals surface area (Å²) < 4.78 is 0. The number of carbonyl (C=O) groups is 1. The molecule has 4 heteroatoms. The number of aryl methyl sites for hydroxylation is 1. The minimum atomic E-state index is -0.757. The standard InChI is InChI=1S/C12H18N2O2/c1-12(2,3)11-13-8-6-4-5-7(10(15)16)9(8)14-11/h7H,4-6H2,1-3H3,(H,13,14)(H,15,16). The summed E-state index contributed by atoms with van der Waals surface area (Å²) in [4.78, 5) is 18.9. The Morgan fingerprint density at radius 1 is 1.50 bits per heavy atom. The third kappa shape index (κ3) is 1.84. The molecule has 0 saturated heterocycles. The van der Waals surface area contributed by atoms with Gasteiger partial charge in [-0.05, 0) is 19.3 Å². The summed E-state index contributed by atoms with van der Waals surface area (Å²) >= 11 is 0. The molecule has 1 aromatic rings. The van der Waals surface area contributed by atoms with Gasteiger partial charge in [-0.2, -0.15) is 0 Å². The SMILES string of the molecule is CC(C)(C)c1nc2c([nH]1)CCCC2C(=O)O. The number of carboxylic acids is 1. The number of imidazole rings is 1. The molecule has 0 aliphatic heterocycles. The molecule has 0 saturated carbocycles. The Bertz CT molecular complexity index is 415. The number of nitrogens with zero attached hydrogens (tertiary/aromatic N) is 1. The lowest BCUT2D eigenvalue weighted by atomic mass is 9.90. The number of hydrogen-bond donors (Lipinski definition) is 2. The van der Waals surface area contributed by atoms with Crippen LogP contribution in [0.1, 0.15) is 56.7 Å². The molecule has 0 fully saturated rings. The Morgan fingerprint density at radius 3 is 2.75 bits per heavy atom. The summed E-state index contributed by atoms with van der Waals surface area (Å²) in [6.07, 6.45) is 2.55. The van der Waals surface area contributed by atoms with Crippen LogP contribution in [0.3, 0.4) is 0 Å². The van der Waals surface area contributed by atoms with Gasteiger partial charge in [0.2, 0.25) is 0 Å². The van der Waals surface area contributed by atoms with Gasteiger partial charge in [0.05, 0.1) is 5.69 Å². The van der Waals surface area contributed by atoms with Crippen molar-refractivity contribution in [1.82, 2.24) is 9.97 Å². The largest absolute Gasteiger partial charge is 0.481 e. The van der Waals surface area contributed by atoms with E-state index in [-0.39, 0.29) is 5.41 Å². The normalized spacial score (nSPS) is 20.6. The Morgan fingerprint density at radius 2 is 2.19 bits per heavy atom. The first kappa shape index (κ1) is 11.2. The van der Waals surface area contributed by atoms with Crippen molar-refractivity contribution in [3.05, 3.63) is 17.2 Å². The average Bonchev–Trinajstić information content (AvgIpc) is 2.59. The van der Waals surface area contributed by atoms with E-state index in [9.17, 15) is 4.79 Å². The predicted molar refractivity (Wildman–Crippen MR) is 60.6 cm³/mol. The first-order valence-corrected chi connectivity index (χ1v) is 5.71. The van der Waals surface area contributed by atoms with Crippen LogP contribution in [0.25, 0.3) is 0 Å². The first-order valence-electron chi connectivity index (χ1n) is 5.71. The third-order valence-corrected chi connectivity index (χ3v) is 3.07. The number of nitrogens with one attached hydrogen (secondary N) is 1. The maximum atomic E-state index is 11.1. The van der Waals surface area contributed by atoms with E-state index in [2.05, 4.69) is 30.7 Å². The lowest BCUT2D eigenvalue weighted by molar-refractivity contribution is -0.139. The smallest absolute Gasteiger partial charge is 0.312 e. The van der Waals surface area contributed by atoms with Crippen LogP contribution in [0.5, 0.6) is 0 Å². The average molecular weight is 222 g/mol. The molecule has 1 unspecified atom stereocenters. The number of aromatic nitrogens is 2. The van der Waals surface area contributed by atoms with Crippen LogP contribution < -0.4 is 0 Å². The zero-order valence-electron chi connectivity index (χ0n) is 10.0. The van der Waals surface area contributed by atoms with E-state index in [1.54, 1.807) is 0 Å². The molecule has 0 aromatic carbocycles. The molecule has 0 spiro atoms. The fourth-order valence-electron chi connectivity index (χ4n) is 2.12. The number of aliphatic carboxylic acids is 1. The molecule has 2 N–H and O–H groups in total. The van der Waals surface area contributed by atoms with Gasteiger partial charge in [-0.3, -0.25) is 4.79 Å². The fourth-order valence-corrected chi connectivity index (χ4v) is 2.12. The van der Waals surface area contributed by atoms with Gasteiger partial charge in [0, 0.05) is 11.1 Å². The molecule has 1 aromatic heterocycles. The molecule has 1 atom stereocenters. The number of hydrogen-bond acceptors (Lipinski definition) is 2. The highest BCUT2D eigenvalue weighted by Crippen LogP contribution is 2.32. The van der Waals surface area contributed by atoms with E-state index in [0.717, 1.165) is 30.1 Å². The highest BCUT2D eigenvalue weighted by molar-refractivity contribution is 5.76. The molecule has 0 radical (unpaired) electrons. The van der Waals surface area contributed by atoms with Crippen molar-refractivity contribution in [1.29, 1.82) is 0 Å². The Kier molecular flexibility index (Phi) is 2.52. The van der Waals surface area contributed by atoms with Crippen LogP contribution in [0.2, 0.25) is 0 Å². The minimum Gasteiger partial charge on any atom is -0.481 e. The van der Waals surface area contributed by atoms with Gasteiger partial charge in [-0.15, -0.1) is 0 Å². The molecule has 16 heavy (non-hydrogen) atoms. The van der Waals surface area contributed by atoms with Gasteiger partial charge >= 0.3 is 5.97 Å². The molecular formula is C12H18N2O2. The number of rotatable bonds is 1. The van der Waals surface area contributed by atoms with Crippen LogP contribution in [0.15, 0.2) is 0 Å². The lowest BCUT2D eigenvalue weighted by Crippen LogP contribution is -2.18. The van der Waals surface area contributed by atoms with Crippen molar-refractivity contribution in [3.63, 3.8) is 0 Å². The molecule has 1 heterocycles. The first-order chi connectivity index (χ1) is 7.39. The molecule has 4 nitrogen and oxygen atoms in total. The van der Waals surface area contributed by atoms with Crippen LogP contribution in [-0.4, -0.2) is 21.0 Å². The number of fused-ring (bicyclic) bond motifs is 1. The number of aromatic amines is 1. The maximum Gasteiger partial charge on any atom is 0.312 e. The van der Waals surface area contributed by atoms with E-state index >= 15 is 0 Å². The fraction of sp³-hybridized carbons (Fsp3) is 0.667. The molecule has 88 valence electrons. The summed E-state index contributed by atoms with van der Waals surface area (Å²) in [5.41, 5.74) is 1.72. The molecule has 0 amide bonds. The van der Waals surface area contributed by atoms with Crippen molar-refractivity contribution in [3.8, 4) is 0 Å².